The van der Waals surface area contributed by atoms with Crippen LogP contribution >= 0.6 is 15.6 Å². The summed E-state index contributed by atoms with van der Waals surface area (Å²) in [6.07, 6.45) is 0. The Morgan fingerprint density at radius 1 is 0.667 bits per heavy atom. The first-order valence-electron chi connectivity index (χ1n) is 1.46. The average Bonchev–Trinajstić information content (AvgIpc) is 1.12. The number of hydrogen-bond donors (Lipinski definition) is 0. The topological polar surface area (TPSA) is 172 Å². The van der Waals surface area contributed by atoms with E-state index in [0.29, 0.717) is 0 Å². The summed E-state index contributed by atoms with van der Waals surface area (Å²) in [7, 11) is -10.8. The van der Waals surface area contributed by atoms with Gasteiger partial charge in [0.15, 0.2) is 0 Å². The number of hydrogen-bond acceptors (Lipinski definition) is 8. The van der Waals surface area contributed by atoms with Gasteiger partial charge in [0.1, 0.15) is 0 Å². The molecule has 0 amide bonds. The van der Waals surface area contributed by atoms with Gasteiger partial charge in [0.2, 0.25) is 0 Å². The predicted molar refractivity (Wildman–Crippen MR) is 15.2 cm³/mol. The van der Waals surface area contributed by atoms with Crippen LogP contribution in [0.1, 0.15) is 0 Å². The van der Waals surface area contributed by atoms with Crippen molar-refractivity contribution in [3.63, 3.8) is 0 Å². The average molecular weight is 527 g/mol. The molecule has 0 aliphatic heterocycles. The summed E-state index contributed by atoms with van der Waals surface area (Å²) >= 11 is 0. The van der Waals surface area contributed by atoms with Crippen LogP contribution in [-0.2, 0) is 9.13 Å². The standard InChI is InChI=1S/Dy.Lu.2H3O4P/c;;2*1-5(2,3)4/h;;2*(H3,1,2,3,4)/q2*+3;;/p-6. The minimum atomic E-state index is -5.39. The van der Waals surface area contributed by atoms with E-state index in [-0.39, 0.29) is 75.0 Å². The van der Waals surface area contributed by atoms with Crippen molar-refractivity contribution in [2.24, 2.45) is 0 Å². The summed E-state index contributed by atoms with van der Waals surface area (Å²) in [5.74, 6) is 0. The zero-order chi connectivity index (χ0) is 9.00. The molecular weight excluding hydrogens is 527 g/mol. The molecule has 1 radical (unpaired) electrons. The van der Waals surface area contributed by atoms with Gasteiger partial charge in [-0.05, 0) is 0 Å². The minimum Gasteiger partial charge on any atom is -0.822 e. The number of phosphoric acid groups is 2. The van der Waals surface area contributed by atoms with E-state index in [0.717, 1.165) is 0 Å². The van der Waals surface area contributed by atoms with Crippen molar-refractivity contribution >= 4 is 15.6 Å². The van der Waals surface area contributed by atoms with Gasteiger partial charge in [-0.1, -0.05) is 0 Å². The molecule has 12 heavy (non-hydrogen) atoms. The van der Waals surface area contributed by atoms with E-state index in [2.05, 4.69) is 0 Å². The Labute approximate surface area is 127 Å². The van der Waals surface area contributed by atoms with E-state index in [4.69, 9.17) is 38.5 Å². The van der Waals surface area contributed by atoms with Gasteiger partial charge in [0, 0.05) is 0 Å². The molecule has 0 N–H and O–H groups in total. The molecule has 0 aromatic carbocycles. The van der Waals surface area contributed by atoms with Crippen LogP contribution < -0.4 is 29.4 Å². The van der Waals surface area contributed by atoms with Gasteiger partial charge in [0.25, 0.3) is 0 Å². The smallest absolute Gasteiger partial charge is 0.822 e. The molecule has 0 saturated carbocycles. The minimum absolute atomic E-state index is 0. The van der Waals surface area contributed by atoms with Crippen LogP contribution in [0, 0.1) is 75.0 Å². The Balaban J connectivity index is -0.0000000457. The molecule has 0 aliphatic rings. The van der Waals surface area contributed by atoms with Gasteiger partial charge in [0.05, 0.1) is 0 Å². The largest absolute Gasteiger partial charge is 3.00 e. The SMILES string of the molecule is O=P([O-])([O-])[O-].O=P([O-])([O-])[O-].[Dy+3].[Lu+3]. The fourth-order valence-corrected chi connectivity index (χ4v) is 0. The third-order valence-electron chi connectivity index (χ3n) is 0. The van der Waals surface area contributed by atoms with Crippen molar-refractivity contribution in [1.82, 2.24) is 0 Å². The molecule has 0 bridgehead atoms. The Morgan fingerprint density at radius 2 is 0.667 bits per heavy atom. The second-order valence-electron chi connectivity index (χ2n) is 0.894. The molecule has 0 aromatic rings. The molecular formula is DyLuO8P2. The van der Waals surface area contributed by atoms with Gasteiger partial charge >= 0.3 is 75.0 Å². The van der Waals surface area contributed by atoms with Crippen molar-refractivity contribution in [2.75, 3.05) is 0 Å². The monoisotopic (exact) mass is 529 g/mol. The Bertz CT molecular complexity index is 129. The molecule has 0 saturated heterocycles. The van der Waals surface area contributed by atoms with Gasteiger partial charge < -0.3 is 38.5 Å². The fraction of sp³-hybridized carbons (Fsp3) is 0. The Morgan fingerprint density at radius 3 is 0.667 bits per heavy atom. The van der Waals surface area contributed by atoms with Crippen molar-refractivity contribution < 1.29 is 114 Å². The Kier molecular flexibility index (Phi) is 20.6. The predicted octanol–water partition coefficient (Wildman–Crippen LogP) is -5.65. The molecule has 0 unspecified atom stereocenters. The normalized spacial score (nSPS) is 9.83. The van der Waals surface area contributed by atoms with Crippen molar-refractivity contribution in [3.8, 4) is 0 Å². The van der Waals surface area contributed by atoms with Crippen LogP contribution in [-0.4, -0.2) is 0 Å². The van der Waals surface area contributed by atoms with Gasteiger partial charge in [-0.2, -0.15) is 15.6 Å². The zero-order valence-electron chi connectivity index (χ0n) is 4.73. The molecule has 0 fully saturated rings. The van der Waals surface area contributed by atoms with Crippen LogP contribution in [0.2, 0.25) is 0 Å². The first-order chi connectivity index (χ1) is 4.00. The number of rotatable bonds is 0. The molecule has 0 rings (SSSR count). The molecule has 0 aliphatic carbocycles. The third-order valence-corrected chi connectivity index (χ3v) is 0. The second-order valence-corrected chi connectivity index (χ2v) is 2.68. The fourth-order valence-electron chi connectivity index (χ4n) is 0. The van der Waals surface area contributed by atoms with Crippen LogP contribution in [0.15, 0.2) is 0 Å². The maximum Gasteiger partial charge on any atom is 3.00 e. The van der Waals surface area contributed by atoms with Crippen LogP contribution in [0.4, 0.5) is 0 Å². The molecule has 0 aromatic heterocycles. The molecule has 0 atom stereocenters. The van der Waals surface area contributed by atoms with Crippen LogP contribution in [0.5, 0.6) is 0 Å². The quantitative estimate of drug-likeness (QED) is 0.281. The van der Waals surface area contributed by atoms with E-state index < -0.39 is 15.6 Å². The summed E-state index contributed by atoms with van der Waals surface area (Å²) in [5, 5.41) is 0. The molecule has 12 heteroatoms. The summed E-state index contributed by atoms with van der Waals surface area (Å²) in [4.78, 5) is 51.3. The molecule has 0 spiro atoms. The van der Waals surface area contributed by atoms with E-state index in [1.54, 1.807) is 0 Å². The van der Waals surface area contributed by atoms with Crippen molar-refractivity contribution in [2.45, 2.75) is 0 Å². The van der Waals surface area contributed by atoms with Crippen molar-refractivity contribution in [1.29, 1.82) is 0 Å². The maximum absolute atomic E-state index is 8.55. The molecule has 8 nitrogen and oxygen atoms in total. The first kappa shape index (κ1) is 24.1. The molecule has 0 heterocycles. The van der Waals surface area contributed by atoms with Crippen molar-refractivity contribution in [3.05, 3.63) is 0 Å². The van der Waals surface area contributed by atoms with Gasteiger partial charge in [-0.15, -0.1) is 0 Å². The molecule has 83 valence electrons. The summed E-state index contributed by atoms with van der Waals surface area (Å²) < 4.78 is 17.1. The third kappa shape index (κ3) is 235. The zero-order valence-corrected chi connectivity index (χ0v) is 10.2. The summed E-state index contributed by atoms with van der Waals surface area (Å²) in [6, 6.07) is 0. The first-order valence-corrected chi connectivity index (χ1v) is 4.38. The maximum atomic E-state index is 8.55. The van der Waals surface area contributed by atoms with E-state index in [1.165, 1.54) is 0 Å². The Hall–Kier alpha value is 2.73. The second kappa shape index (κ2) is 10.3. The van der Waals surface area contributed by atoms with Gasteiger partial charge in [-0.25, -0.2) is 0 Å². The van der Waals surface area contributed by atoms with Crippen LogP contribution in [0.3, 0.4) is 0 Å². The van der Waals surface area contributed by atoms with Crippen LogP contribution in [0.25, 0.3) is 0 Å². The van der Waals surface area contributed by atoms with E-state index >= 15 is 0 Å². The summed E-state index contributed by atoms with van der Waals surface area (Å²) in [5.41, 5.74) is 0. The van der Waals surface area contributed by atoms with Gasteiger partial charge in [-0.3, -0.25) is 0 Å². The van der Waals surface area contributed by atoms with E-state index in [9.17, 15) is 0 Å². The summed E-state index contributed by atoms with van der Waals surface area (Å²) in [6.45, 7) is 0. The van der Waals surface area contributed by atoms with E-state index in [1.807, 2.05) is 0 Å².